The number of fused-ring (bicyclic) bond motifs is 1. The van der Waals surface area contributed by atoms with Gasteiger partial charge < -0.3 is 20.8 Å². The topological polar surface area (TPSA) is 114 Å². The van der Waals surface area contributed by atoms with Crippen molar-refractivity contribution in [2.75, 3.05) is 7.05 Å². The minimum absolute atomic E-state index is 0.104. The molecule has 198 valence electrons. The Labute approximate surface area is 222 Å². The fourth-order valence-electron chi connectivity index (χ4n) is 5.75. The molecule has 3 fully saturated rings. The fourth-order valence-corrected chi connectivity index (χ4v) is 5.75. The first-order valence-corrected chi connectivity index (χ1v) is 12.6. The van der Waals surface area contributed by atoms with E-state index in [-0.39, 0.29) is 28.8 Å². The van der Waals surface area contributed by atoms with Crippen molar-refractivity contribution >= 4 is 28.7 Å². The maximum Gasteiger partial charge on any atom is 0.255 e. The van der Waals surface area contributed by atoms with Crippen LogP contribution >= 0.6 is 0 Å². The van der Waals surface area contributed by atoms with Crippen molar-refractivity contribution in [3.63, 3.8) is 0 Å². The maximum atomic E-state index is 14.8. The fraction of sp³-hybridized carbons (Fsp3) is 0.233. The SMILES string of the molecule is CNC(=O)c1c(-c2ccc(F)cc2)oc2cc(CC(N)=O)c(-c3ccc(F)c(C(=O)NC45CC(C4)C5)c3)cc12. The zero-order chi connectivity index (χ0) is 27.5. The molecule has 3 amide bonds. The summed E-state index contributed by atoms with van der Waals surface area (Å²) in [6.45, 7) is 0. The number of carbonyl (C=O) groups is 3. The lowest BCUT2D eigenvalue weighted by atomic mass is 9.50. The second-order valence-corrected chi connectivity index (χ2v) is 10.4. The van der Waals surface area contributed by atoms with Gasteiger partial charge in [-0.1, -0.05) is 6.07 Å². The highest BCUT2D eigenvalue weighted by Crippen LogP contribution is 2.57. The molecule has 2 bridgehead atoms. The molecule has 7 rings (SSSR count). The summed E-state index contributed by atoms with van der Waals surface area (Å²) in [5, 5.41) is 6.02. The number of rotatable bonds is 7. The van der Waals surface area contributed by atoms with Crippen molar-refractivity contribution in [1.29, 1.82) is 0 Å². The number of benzene rings is 3. The third-order valence-electron chi connectivity index (χ3n) is 7.78. The molecule has 1 heterocycles. The lowest BCUT2D eigenvalue weighted by molar-refractivity contribution is -0.117. The third kappa shape index (κ3) is 4.24. The number of nitrogens with one attached hydrogen (secondary N) is 2. The Morgan fingerprint density at radius 2 is 1.67 bits per heavy atom. The first-order chi connectivity index (χ1) is 18.7. The molecule has 0 unspecified atom stereocenters. The molecule has 7 nitrogen and oxygen atoms in total. The van der Waals surface area contributed by atoms with Crippen LogP contribution in [-0.4, -0.2) is 30.3 Å². The van der Waals surface area contributed by atoms with Gasteiger partial charge in [0.05, 0.1) is 17.5 Å². The van der Waals surface area contributed by atoms with Crippen LogP contribution in [0, 0.1) is 17.6 Å². The van der Waals surface area contributed by atoms with Crippen molar-refractivity contribution in [1.82, 2.24) is 10.6 Å². The van der Waals surface area contributed by atoms with Gasteiger partial charge in [0.15, 0.2) is 0 Å². The number of nitrogens with two attached hydrogens (primary N) is 1. The lowest BCUT2D eigenvalue weighted by Gasteiger charge is -2.61. The summed E-state index contributed by atoms with van der Waals surface area (Å²) in [6, 6.07) is 13.0. The van der Waals surface area contributed by atoms with E-state index in [1.54, 1.807) is 12.1 Å². The van der Waals surface area contributed by atoms with Gasteiger partial charge in [-0.15, -0.1) is 0 Å². The minimum atomic E-state index is -0.659. The number of halogens is 2. The molecular weight excluding hydrogens is 504 g/mol. The smallest absolute Gasteiger partial charge is 0.255 e. The van der Waals surface area contributed by atoms with Gasteiger partial charge in [-0.25, -0.2) is 8.78 Å². The first-order valence-electron chi connectivity index (χ1n) is 12.6. The molecule has 0 aliphatic heterocycles. The van der Waals surface area contributed by atoms with E-state index in [0.717, 1.165) is 19.3 Å². The normalized spacial score (nSPS) is 19.2. The molecule has 0 atom stereocenters. The van der Waals surface area contributed by atoms with Crippen molar-refractivity contribution in [2.45, 2.75) is 31.2 Å². The molecule has 4 N–H and O–H groups in total. The van der Waals surface area contributed by atoms with Gasteiger partial charge in [-0.2, -0.15) is 0 Å². The van der Waals surface area contributed by atoms with Crippen LogP contribution in [0.1, 0.15) is 45.5 Å². The van der Waals surface area contributed by atoms with E-state index in [1.807, 2.05) is 0 Å². The Hall–Kier alpha value is -4.53. The second kappa shape index (κ2) is 9.04. The van der Waals surface area contributed by atoms with Crippen LogP contribution in [0.25, 0.3) is 33.4 Å². The molecule has 0 saturated heterocycles. The summed E-state index contributed by atoms with van der Waals surface area (Å²) in [5.74, 6) is -1.74. The summed E-state index contributed by atoms with van der Waals surface area (Å²) >= 11 is 0. The van der Waals surface area contributed by atoms with Gasteiger partial charge in [-0.3, -0.25) is 14.4 Å². The number of furan rings is 1. The molecule has 3 aromatic carbocycles. The summed E-state index contributed by atoms with van der Waals surface area (Å²) in [7, 11) is 1.48. The molecule has 1 aromatic heterocycles. The standard InChI is InChI=1S/C30H25F2N3O4/c1-34-29(38)26-22-11-20(17-4-7-23(32)21(8-17)28(37)35-30-12-15(13-30)14-30)18(10-25(33)36)9-24(22)39-27(26)16-2-5-19(31)6-3-16/h2-9,11,15H,10,12-14H2,1H3,(H2,33,36)(H,34,38)(H,35,37). The van der Waals surface area contributed by atoms with Crippen LogP contribution < -0.4 is 16.4 Å². The second-order valence-electron chi connectivity index (χ2n) is 10.4. The van der Waals surface area contributed by atoms with Gasteiger partial charge in [0, 0.05) is 23.5 Å². The van der Waals surface area contributed by atoms with Crippen LogP contribution in [0.15, 0.2) is 59.0 Å². The Bertz CT molecular complexity index is 1660. The molecule has 3 aliphatic carbocycles. The largest absolute Gasteiger partial charge is 0.455 e. The zero-order valence-electron chi connectivity index (χ0n) is 21.1. The van der Waals surface area contributed by atoms with E-state index < -0.39 is 29.4 Å². The Morgan fingerprint density at radius 1 is 0.974 bits per heavy atom. The van der Waals surface area contributed by atoms with Crippen LogP contribution in [0.3, 0.4) is 0 Å². The molecule has 4 aromatic rings. The van der Waals surface area contributed by atoms with Gasteiger partial charge in [0.2, 0.25) is 5.91 Å². The highest BCUT2D eigenvalue weighted by atomic mass is 19.1. The van der Waals surface area contributed by atoms with E-state index >= 15 is 0 Å². The van der Waals surface area contributed by atoms with Crippen molar-refractivity contribution in [3.05, 3.63) is 82.9 Å². The van der Waals surface area contributed by atoms with Crippen molar-refractivity contribution < 1.29 is 27.6 Å². The average molecular weight is 530 g/mol. The summed E-state index contributed by atoms with van der Waals surface area (Å²) in [4.78, 5) is 38.0. The van der Waals surface area contributed by atoms with Gasteiger partial charge in [-0.05, 0) is 90.4 Å². The minimum Gasteiger partial charge on any atom is -0.455 e. The third-order valence-corrected chi connectivity index (χ3v) is 7.78. The number of hydrogen-bond acceptors (Lipinski definition) is 4. The quantitative estimate of drug-likeness (QED) is 0.322. The predicted molar refractivity (Wildman–Crippen MR) is 141 cm³/mol. The summed E-state index contributed by atoms with van der Waals surface area (Å²) < 4.78 is 34.4. The van der Waals surface area contributed by atoms with E-state index in [9.17, 15) is 23.2 Å². The average Bonchev–Trinajstić information content (AvgIpc) is 3.23. The Balaban J connectivity index is 1.50. The van der Waals surface area contributed by atoms with E-state index in [2.05, 4.69) is 10.6 Å². The van der Waals surface area contributed by atoms with Crippen molar-refractivity contribution in [2.24, 2.45) is 11.7 Å². The lowest BCUT2D eigenvalue weighted by Crippen LogP contribution is -2.68. The summed E-state index contributed by atoms with van der Waals surface area (Å²) in [6.07, 6.45) is 2.59. The molecular formula is C30H25F2N3O4. The highest BCUT2D eigenvalue weighted by Gasteiger charge is 2.57. The van der Waals surface area contributed by atoms with Crippen LogP contribution in [0.4, 0.5) is 8.78 Å². The Kier molecular flexibility index (Phi) is 5.75. The highest BCUT2D eigenvalue weighted by molar-refractivity contribution is 6.12. The van der Waals surface area contributed by atoms with Gasteiger partial charge in [0.25, 0.3) is 11.8 Å². The maximum absolute atomic E-state index is 14.8. The molecule has 0 radical (unpaired) electrons. The molecule has 9 heteroatoms. The van der Waals surface area contributed by atoms with E-state index in [1.165, 1.54) is 49.5 Å². The molecule has 3 aliphatic rings. The predicted octanol–water partition coefficient (Wildman–Crippen LogP) is 4.71. The summed E-state index contributed by atoms with van der Waals surface area (Å²) in [5.41, 5.74) is 7.67. The molecule has 3 saturated carbocycles. The van der Waals surface area contributed by atoms with Crippen LogP contribution in [-0.2, 0) is 11.2 Å². The first kappa shape index (κ1) is 24.8. The van der Waals surface area contributed by atoms with Crippen LogP contribution in [0.5, 0.6) is 0 Å². The number of primary amides is 1. The number of hydrogen-bond donors (Lipinski definition) is 3. The number of carbonyl (C=O) groups excluding carboxylic acids is 3. The van der Waals surface area contributed by atoms with Gasteiger partial charge in [0.1, 0.15) is 23.0 Å². The zero-order valence-corrected chi connectivity index (χ0v) is 21.1. The van der Waals surface area contributed by atoms with Gasteiger partial charge >= 0.3 is 0 Å². The van der Waals surface area contributed by atoms with Crippen molar-refractivity contribution in [3.8, 4) is 22.5 Å². The number of amides is 3. The Morgan fingerprint density at radius 3 is 2.28 bits per heavy atom. The van der Waals surface area contributed by atoms with Crippen LogP contribution in [0.2, 0.25) is 0 Å². The van der Waals surface area contributed by atoms with E-state index in [0.29, 0.717) is 39.1 Å². The molecule has 39 heavy (non-hydrogen) atoms. The van der Waals surface area contributed by atoms with E-state index in [4.69, 9.17) is 10.2 Å². The monoisotopic (exact) mass is 529 g/mol. The molecule has 0 spiro atoms.